The highest BCUT2D eigenvalue weighted by atomic mass is 16.6. The van der Waals surface area contributed by atoms with Gasteiger partial charge < -0.3 is 0 Å². The lowest BCUT2D eigenvalue weighted by atomic mass is 10.1. The van der Waals surface area contributed by atoms with Gasteiger partial charge in [-0.1, -0.05) is 65.6 Å². The van der Waals surface area contributed by atoms with Crippen molar-refractivity contribution in [3.05, 3.63) is 72.4 Å². The highest BCUT2D eigenvalue weighted by molar-refractivity contribution is 5.72. The van der Waals surface area contributed by atoms with E-state index in [0.29, 0.717) is 0 Å². The summed E-state index contributed by atoms with van der Waals surface area (Å²) < 4.78 is 7.09. The van der Waals surface area contributed by atoms with Gasteiger partial charge in [-0.25, -0.2) is 0 Å². The van der Waals surface area contributed by atoms with Crippen LogP contribution < -0.4 is 4.57 Å². The van der Waals surface area contributed by atoms with Crippen LogP contribution in [0.2, 0.25) is 0 Å². The summed E-state index contributed by atoms with van der Waals surface area (Å²) >= 11 is 0. The van der Waals surface area contributed by atoms with Crippen LogP contribution in [0.25, 0.3) is 28.2 Å². The molecule has 0 fully saturated rings. The van der Waals surface area contributed by atoms with Crippen molar-refractivity contribution in [1.82, 2.24) is 10.1 Å². The van der Waals surface area contributed by atoms with Crippen LogP contribution >= 0.6 is 0 Å². The number of benzene rings is 2. The smallest absolute Gasteiger partial charge is 0.134 e. The van der Waals surface area contributed by atoms with Crippen molar-refractivity contribution in [3.63, 3.8) is 0 Å². The molecule has 0 bridgehead atoms. The number of fused-ring (bicyclic) bond motifs is 1. The summed E-state index contributed by atoms with van der Waals surface area (Å²) in [7, 11) is 0. The second kappa shape index (κ2) is 5.07. The molecule has 0 atom stereocenters. The van der Waals surface area contributed by atoms with E-state index in [4.69, 9.17) is 9.61 Å². The number of hydrogen-bond acceptors (Lipinski definition) is 3. The molecule has 0 saturated heterocycles. The van der Waals surface area contributed by atoms with E-state index in [-0.39, 0.29) is 0 Å². The minimum absolute atomic E-state index is 0.727. The summed E-state index contributed by atoms with van der Waals surface area (Å²) in [5, 5.41) is 4.19. The Morgan fingerprint density at radius 3 is 2.18 bits per heavy atom. The Balaban J connectivity index is 1.97. The van der Waals surface area contributed by atoms with Gasteiger partial charge in [-0.2, -0.15) is 0 Å². The molecule has 0 radical (unpaired) electrons. The van der Waals surface area contributed by atoms with Crippen molar-refractivity contribution in [2.75, 3.05) is 0 Å². The highest BCUT2D eigenvalue weighted by Crippen LogP contribution is 2.22. The first kappa shape index (κ1) is 12.7. The average Bonchev–Trinajstić information content (AvgIpc) is 3.01. The Kier molecular flexibility index (Phi) is 2.93. The second-order valence-electron chi connectivity index (χ2n) is 5.15. The van der Waals surface area contributed by atoms with E-state index in [9.17, 15) is 0 Å². The van der Waals surface area contributed by atoms with Crippen molar-refractivity contribution in [3.8, 4) is 22.5 Å². The Labute approximate surface area is 127 Å². The number of hydrogen-bond donors (Lipinski definition) is 0. The zero-order valence-electron chi connectivity index (χ0n) is 12.1. The predicted molar refractivity (Wildman–Crippen MR) is 83.1 cm³/mol. The van der Waals surface area contributed by atoms with Gasteiger partial charge in [0.05, 0.1) is 5.16 Å². The Hall–Kier alpha value is -3.01. The number of nitrogens with zero attached hydrogens (tertiary/aromatic N) is 3. The zero-order chi connectivity index (χ0) is 14.9. The van der Waals surface area contributed by atoms with E-state index >= 15 is 0 Å². The van der Waals surface area contributed by atoms with Gasteiger partial charge in [0.2, 0.25) is 0 Å². The summed E-state index contributed by atoms with van der Waals surface area (Å²) in [6.45, 7) is 1.99. The normalized spacial score (nSPS) is 11.0. The molecule has 2 aromatic carbocycles. The molecule has 0 amide bonds. The molecular weight excluding hydrogens is 274 g/mol. The molecule has 2 aromatic heterocycles. The van der Waals surface area contributed by atoms with E-state index in [1.165, 1.54) is 0 Å². The molecule has 0 unspecified atom stereocenters. The summed E-state index contributed by atoms with van der Waals surface area (Å²) in [5.41, 5.74) is 5.42. The first-order chi connectivity index (χ1) is 10.8. The molecule has 4 heteroatoms. The van der Waals surface area contributed by atoms with E-state index in [2.05, 4.69) is 5.16 Å². The lowest BCUT2D eigenvalue weighted by Crippen LogP contribution is -2.24. The topological polar surface area (TPSA) is 43.0 Å². The van der Waals surface area contributed by atoms with Gasteiger partial charge in [0, 0.05) is 17.2 Å². The maximum Gasteiger partial charge on any atom is 0.349 e. The van der Waals surface area contributed by atoms with Crippen molar-refractivity contribution in [1.29, 1.82) is 0 Å². The lowest BCUT2D eigenvalue weighted by Gasteiger charge is -1.98. The predicted octanol–water partition coefficient (Wildman–Crippen LogP) is 3.45. The maximum absolute atomic E-state index is 5.43. The maximum atomic E-state index is 5.43. The van der Waals surface area contributed by atoms with Crippen LogP contribution in [0.15, 0.2) is 71.4 Å². The van der Waals surface area contributed by atoms with Crippen molar-refractivity contribution in [2.45, 2.75) is 6.92 Å². The monoisotopic (exact) mass is 288 g/mol. The third kappa shape index (κ3) is 2.05. The summed E-state index contributed by atoms with van der Waals surface area (Å²) in [4.78, 5) is 4.75. The van der Waals surface area contributed by atoms with Gasteiger partial charge in [-0.05, 0) is 11.5 Å². The van der Waals surface area contributed by atoms with Gasteiger partial charge in [0.15, 0.2) is 0 Å². The molecule has 4 nitrogen and oxygen atoms in total. The second-order valence-corrected chi connectivity index (χ2v) is 5.15. The van der Waals surface area contributed by atoms with E-state index in [1.807, 2.05) is 73.7 Å². The molecule has 0 aliphatic carbocycles. The number of aromatic nitrogens is 3. The van der Waals surface area contributed by atoms with Gasteiger partial charge in [0.1, 0.15) is 11.4 Å². The van der Waals surface area contributed by atoms with E-state index in [0.717, 1.165) is 33.9 Å². The molecule has 106 valence electrons. The number of aryl methyl sites for hydroxylation is 1. The first-order valence-electron chi connectivity index (χ1n) is 7.13. The van der Waals surface area contributed by atoms with E-state index < -0.39 is 0 Å². The molecule has 0 aliphatic rings. The van der Waals surface area contributed by atoms with Crippen LogP contribution in [-0.2, 0) is 0 Å². The fourth-order valence-corrected chi connectivity index (χ4v) is 2.52. The Morgan fingerprint density at radius 1 is 0.864 bits per heavy atom. The van der Waals surface area contributed by atoms with Crippen molar-refractivity contribution < 1.29 is 9.20 Å². The van der Waals surface area contributed by atoms with Crippen molar-refractivity contribution in [2.24, 2.45) is 0 Å². The molecule has 0 saturated carbocycles. The Morgan fingerprint density at radius 2 is 1.50 bits per heavy atom. The zero-order valence-corrected chi connectivity index (χ0v) is 12.1. The number of rotatable bonds is 2. The van der Waals surface area contributed by atoms with Crippen molar-refractivity contribution >= 4 is 5.65 Å². The SMILES string of the molecule is Cc1cc(-c2ccccc2)nc2c(-c3ccccc3)no[n+]12. The summed E-state index contributed by atoms with van der Waals surface area (Å²) in [5.74, 6) is 0. The van der Waals surface area contributed by atoms with Crippen LogP contribution in [0.3, 0.4) is 0 Å². The molecule has 0 aliphatic heterocycles. The van der Waals surface area contributed by atoms with Gasteiger partial charge >= 0.3 is 5.65 Å². The molecule has 0 spiro atoms. The van der Waals surface area contributed by atoms with E-state index in [1.54, 1.807) is 4.57 Å². The summed E-state index contributed by atoms with van der Waals surface area (Å²) in [6.07, 6.45) is 0. The first-order valence-corrected chi connectivity index (χ1v) is 7.13. The molecule has 4 rings (SSSR count). The average molecular weight is 288 g/mol. The molecule has 22 heavy (non-hydrogen) atoms. The Bertz CT molecular complexity index is 931. The molecular formula is C18H14N3O+. The van der Waals surface area contributed by atoms with Gasteiger partial charge in [-0.15, -0.1) is 4.63 Å². The minimum Gasteiger partial charge on any atom is -0.134 e. The van der Waals surface area contributed by atoms with Crippen LogP contribution in [0.5, 0.6) is 0 Å². The third-order valence-corrected chi connectivity index (χ3v) is 3.63. The quantitative estimate of drug-likeness (QED) is 0.531. The van der Waals surface area contributed by atoms with Crippen LogP contribution in [-0.4, -0.2) is 10.1 Å². The standard InChI is InChI=1S/C18H14N3O/c1-13-12-16(14-8-4-2-5-9-14)19-18-17(20-22-21(13)18)15-10-6-3-7-11-15/h2-12H,1H3/q+1. The molecule has 2 heterocycles. The largest absolute Gasteiger partial charge is 0.349 e. The third-order valence-electron chi connectivity index (χ3n) is 3.63. The van der Waals surface area contributed by atoms with Crippen LogP contribution in [0, 0.1) is 6.92 Å². The summed E-state index contributed by atoms with van der Waals surface area (Å²) in [6, 6.07) is 22.1. The van der Waals surface area contributed by atoms with Gasteiger partial charge in [0.25, 0.3) is 5.69 Å². The molecule has 4 aromatic rings. The fraction of sp³-hybridized carbons (Fsp3) is 0.0556. The lowest BCUT2D eigenvalue weighted by molar-refractivity contribution is -0.735. The van der Waals surface area contributed by atoms with Crippen LogP contribution in [0.1, 0.15) is 5.69 Å². The minimum atomic E-state index is 0.727. The fourth-order valence-electron chi connectivity index (χ4n) is 2.52. The van der Waals surface area contributed by atoms with Gasteiger partial charge in [-0.3, -0.25) is 0 Å². The molecule has 0 N–H and O–H groups in total. The highest BCUT2D eigenvalue weighted by Gasteiger charge is 2.23. The van der Waals surface area contributed by atoms with Crippen LogP contribution in [0.4, 0.5) is 0 Å².